The summed E-state index contributed by atoms with van der Waals surface area (Å²) >= 11 is 0. The van der Waals surface area contributed by atoms with Gasteiger partial charge in [0, 0.05) is 11.3 Å². The molecule has 0 bridgehead atoms. The first kappa shape index (κ1) is 17.0. The number of benzene rings is 2. The number of alkyl halides is 3. The predicted molar refractivity (Wildman–Crippen MR) is 84.4 cm³/mol. The molecule has 130 valence electrons. The fourth-order valence-electron chi connectivity index (χ4n) is 2.21. The third kappa shape index (κ3) is 4.16. The van der Waals surface area contributed by atoms with E-state index in [0.29, 0.717) is 11.5 Å². The molecule has 2 aromatic carbocycles. The van der Waals surface area contributed by atoms with Crippen molar-refractivity contribution in [1.82, 2.24) is 10.1 Å². The number of aliphatic hydroxyl groups is 1. The number of hydrogen-bond acceptors (Lipinski definition) is 5. The van der Waals surface area contributed by atoms with E-state index in [9.17, 15) is 13.2 Å². The molecule has 1 aromatic heterocycles. The second-order valence-electron chi connectivity index (χ2n) is 5.30. The highest BCUT2D eigenvalue weighted by atomic mass is 19.4. The second kappa shape index (κ2) is 6.94. The number of nitrogens with one attached hydrogen (secondary N) is 1. The lowest BCUT2D eigenvalue weighted by molar-refractivity contribution is -0.137. The number of aliphatic hydroxyl groups excluding tert-OH is 1. The highest BCUT2D eigenvalue weighted by molar-refractivity contribution is 5.55. The number of nitrogens with zero attached hydrogens (tertiary/aromatic N) is 2. The van der Waals surface area contributed by atoms with E-state index < -0.39 is 11.7 Å². The molecule has 5 nitrogen and oxygen atoms in total. The van der Waals surface area contributed by atoms with Gasteiger partial charge in [0.05, 0.1) is 18.7 Å². The minimum Gasteiger partial charge on any atom is -0.392 e. The van der Waals surface area contributed by atoms with Gasteiger partial charge in [0.25, 0.3) is 0 Å². The molecule has 0 saturated carbocycles. The van der Waals surface area contributed by atoms with Gasteiger partial charge in [-0.05, 0) is 29.8 Å². The Bertz CT molecular complexity index is 845. The first-order chi connectivity index (χ1) is 12.0. The lowest BCUT2D eigenvalue weighted by Crippen LogP contribution is -2.04. The maximum absolute atomic E-state index is 12.6. The number of aromatic nitrogens is 2. The minimum absolute atomic E-state index is 0.0614. The average Bonchev–Trinajstić information content (AvgIpc) is 3.08. The van der Waals surface area contributed by atoms with Gasteiger partial charge in [-0.3, -0.25) is 0 Å². The van der Waals surface area contributed by atoms with E-state index >= 15 is 0 Å². The van der Waals surface area contributed by atoms with Crippen LogP contribution in [0.4, 0.5) is 18.9 Å². The molecular weight excluding hydrogens is 335 g/mol. The van der Waals surface area contributed by atoms with Crippen LogP contribution in [-0.2, 0) is 19.3 Å². The Morgan fingerprint density at radius 1 is 1.08 bits per heavy atom. The molecule has 25 heavy (non-hydrogen) atoms. The average molecular weight is 349 g/mol. The van der Waals surface area contributed by atoms with Gasteiger partial charge in [0.15, 0.2) is 0 Å². The van der Waals surface area contributed by atoms with Crippen LogP contribution in [0.3, 0.4) is 0 Å². The quantitative estimate of drug-likeness (QED) is 0.732. The minimum atomic E-state index is -4.38. The normalized spacial score (nSPS) is 11.5. The molecule has 8 heteroatoms. The van der Waals surface area contributed by atoms with Gasteiger partial charge < -0.3 is 14.9 Å². The van der Waals surface area contributed by atoms with Crippen molar-refractivity contribution in [1.29, 1.82) is 0 Å². The van der Waals surface area contributed by atoms with E-state index in [2.05, 4.69) is 15.5 Å². The van der Waals surface area contributed by atoms with Crippen LogP contribution in [0.15, 0.2) is 53.1 Å². The van der Waals surface area contributed by atoms with Gasteiger partial charge >= 0.3 is 6.18 Å². The Balaban J connectivity index is 1.68. The molecule has 0 atom stereocenters. The summed E-state index contributed by atoms with van der Waals surface area (Å²) in [5, 5.41) is 16.0. The van der Waals surface area contributed by atoms with Crippen LogP contribution < -0.4 is 5.32 Å². The van der Waals surface area contributed by atoms with E-state index in [0.717, 1.165) is 23.4 Å². The van der Waals surface area contributed by atoms with Crippen molar-refractivity contribution in [2.45, 2.75) is 19.3 Å². The Kier molecular flexibility index (Phi) is 4.71. The molecule has 0 aliphatic rings. The zero-order valence-corrected chi connectivity index (χ0v) is 12.9. The van der Waals surface area contributed by atoms with Crippen molar-refractivity contribution >= 4 is 5.69 Å². The van der Waals surface area contributed by atoms with Gasteiger partial charge in [-0.1, -0.05) is 29.4 Å². The number of halogens is 3. The summed E-state index contributed by atoms with van der Waals surface area (Å²) in [5.74, 6) is 0.513. The van der Waals surface area contributed by atoms with Crippen LogP contribution in [0.1, 0.15) is 17.0 Å². The number of hydrogen-bond donors (Lipinski definition) is 2. The summed E-state index contributed by atoms with van der Waals surface area (Å²) in [5.41, 5.74) is 1.25. The standard InChI is InChI=1S/C17H14F3N3O2/c18-17(19,20)13-6-4-12(5-7-13)16-22-15(25-23-16)9-21-14-3-1-2-11(8-14)10-24/h1-8,21,24H,9-10H2. The molecule has 0 amide bonds. The van der Waals surface area contributed by atoms with Crippen molar-refractivity contribution in [3.05, 3.63) is 65.5 Å². The first-order valence-corrected chi connectivity index (χ1v) is 7.39. The van der Waals surface area contributed by atoms with Crippen molar-refractivity contribution < 1.29 is 22.8 Å². The van der Waals surface area contributed by atoms with Gasteiger partial charge in [0.1, 0.15) is 0 Å². The molecule has 3 rings (SSSR count). The summed E-state index contributed by atoms with van der Waals surface area (Å²) in [4.78, 5) is 4.16. The Hall–Kier alpha value is -2.87. The van der Waals surface area contributed by atoms with Gasteiger partial charge in [0.2, 0.25) is 11.7 Å². The van der Waals surface area contributed by atoms with Crippen LogP contribution >= 0.6 is 0 Å². The summed E-state index contributed by atoms with van der Waals surface area (Å²) in [6.45, 7) is 0.191. The third-order valence-electron chi connectivity index (χ3n) is 3.49. The number of anilines is 1. The molecular formula is C17H14F3N3O2. The van der Waals surface area contributed by atoms with E-state index in [-0.39, 0.29) is 19.0 Å². The predicted octanol–water partition coefficient (Wildman–Crippen LogP) is 3.86. The largest absolute Gasteiger partial charge is 0.416 e. The number of rotatable bonds is 5. The van der Waals surface area contributed by atoms with Crippen molar-refractivity contribution in [2.24, 2.45) is 0 Å². The highest BCUT2D eigenvalue weighted by Crippen LogP contribution is 2.30. The van der Waals surface area contributed by atoms with E-state index in [1.807, 2.05) is 6.07 Å². The van der Waals surface area contributed by atoms with Crippen LogP contribution in [-0.4, -0.2) is 15.2 Å². The molecule has 2 N–H and O–H groups in total. The molecule has 0 aliphatic heterocycles. The molecule has 1 heterocycles. The maximum Gasteiger partial charge on any atom is 0.416 e. The molecule has 0 unspecified atom stereocenters. The molecule has 0 saturated heterocycles. The second-order valence-corrected chi connectivity index (χ2v) is 5.30. The van der Waals surface area contributed by atoms with Crippen LogP contribution in [0.5, 0.6) is 0 Å². The van der Waals surface area contributed by atoms with E-state index in [1.165, 1.54) is 12.1 Å². The molecule has 0 fully saturated rings. The molecule has 3 aromatic rings. The zero-order chi connectivity index (χ0) is 17.9. The fraction of sp³-hybridized carbons (Fsp3) is 0.176. The maximum atomic E-state index is 12.6. The lowest BCUT2D eigenvalue weighted by Gasteiger charge is -2.06. The topological polar surface area (TPSA) is 71.2 Å². The Labute approximate surface area is 141 Å². The van der Waals surface area contributed by atoms with E-state index in [4.69, 9.17) is 9.63 Å². The van der Waals surface area contributed by atoms with Crippen molar-refractivity contribution in [3.8, 4) is 11.4 Å². The van der Waals surface area contributed by atoms with Gasteiger partial charge in [-0.25, -0.2) is 0 Å². The monoisotopic (exact) mass is 349 g/mol. The SMILES string of the molecule is OCc1cccc(NCc2nc(-c3ccc(C(F)(F)F)cc3)no2)c1. The van der Waals surface area contributed by atoms with Crippen LogP contribution in [0.25, 0.3) is 11.4 Å². The fourth-order valence-corrected chi connectivity index (χ4v) is 2.21. The molecule has 0 spiro atoms. The Morgan fingerprint density at radius 2 is 1.84 bits per heavy atom. The van der Waals surface area contributed by atoms with Gasteiger partial charge in [-0.2, -0.15) is 18.2 Å². The summed E-state index contributed by atoms with van der Waals surface area (Å²) in [7, 11) is 0. The van der Waals surface area contributed by atoms with Crippen molar-refractivity contribution in [3.63, 3.8) is 0 Å². The third-order valence-corrected chi connectivity index (χ3v) is 3.49. The van der Waals surface area contributed by atoms with Crippen LogP contribution in [0.2, 0.25) is 0 Å². The summed E-state index contributed by atoms with van der Waals surface area (Å²) in [6, 6.07) is 11.8. The Morgan fingerprint density at radius 3 is 2.52 bits per heavy atom. The molecule has 0 radical (unpaired) electrons. The van der Waals surface area contributed by atoms with E-state index in [1.54, 1.807) is 18.2 Å². The van der Waals surface area contributed by atoms with Crippen molar-refractivity contribution in [2.75, 3.05) is 5.32 Å². The first-order valence-electron chi connectivity index (χ1n) is 7.39. The highest BCUT2D eigenvalue weighted by Gasteiger charge is 2.30. The zero-order valence-electron chi connectivity index (χ0n) is 12.9. The smallest absolute Gasteiger partial charge is 0.392 e. The summed E-state index contributed by atoms with van der Waals surface area (Å²) in [6.07, 6.45) is -4.38. The molecule has 0 aliphatic carbocycles. The van der Waals surface area contributed by atoms with Gasteiger partial charge in [-0.15, -0.1) is 0 Å². The van der Waals surface area contributed by atoms with Crippen LogP contribution in [0, 0.1) is 0 Å². The summed E-state index contributed by atoms with van der Waals surface area (Å²) < 4.78 is 42.8. The lowest BCUT2D eigenvalue weighted by atomic mass is 10.1.